The highest BCUT2D eigenvalue weighted by atomic mass is 32.1. The molecule has 6 heteroatoms. The zero-order valence-corrected chi connectivity index (χ0v) is 12.3. The van der Waals surface area contributed by atoms with Crippen LogP contribution in [0.15, 0.2) is 12.3 Å². The van der Waals surface area contributed by atoms with Crippen LogP contribution in [0.1, 0.15) is 42.3 Å². The number of anilines is 1. The second kappa shape index (κ2) is 5.01. The normalized spacial score (nSPS) is 16.2. The molecule has 20 heavy (non-hydrogen) atoms. The molecular formula is C14H18N4OS. The first-order valence-electron chi connectivity index (χ1n) is 6.93. The lowest BCUT2D eigenvalue weighted by molar-refractivity contribution is 0.0948. The van der Waals surface area contributed by atoms with Gasteiger partial charge in [0, 0.05) is 11.9 Å². The highest BCUT2D eigenvalue weighted by Crippen LogP contribution is 2.49. The van der Waals surface area contributed by atoms with Crippen LogP contribution in [0.4, 0.5) is 5.69 Å². The first kappa shape index (κ1) is 13.3. The molecule has 0 unspecified atom stereocenters. The second-order valence-corrected chi connectivity index (χ2v) is 6.53. The van der Waals surface area contributed by atoms with Gasteiger partial charge in [-0.1, -0.05) is 13.3 Å². The van der Waals surface area contributed by atoms with Crippen molar-refractivity contribution in [2.24, 2.45) is 5.41 Å². The van der Waals surface area contributed by atoms with E-state index in [9.17, 15) is 4.79 Å². The number of nitrogens with zero attached hydrogens (tertiary/aromatic N) is 2. The number of rotatable bonds is 5. The van der Waals surface area contributed by atoms with Crippen LogP contribution in [0.2, 0.25) is 0 Å². The quantitative estimate of drug-likeness (QED) is 0.887. The van der Waals surface area contributed by atoms with Crippen molar-refractivity contribution in [3.63, 3.8) is 0 Å². The maximum absolute atomic E-state index is 12.3. The van der Waals surface area contributed by atoms with Gasteiger partial charge < -0.3 is 11.1 Å². The predicted molar refractivity (Wildman–Crippen MR) is 80.7 cm³/mol. The molecule has 1 aliphatic rings. The fourth-order valence-corrected chi connectivity index (χ4v) is 3.57. The van der Waals surface area contributed by atoms with Crippen LogP contribution in [0.3, 0.4) is 0 Å². The Balaban J connectivity index is 1.74. The van der Waals surface area contributed by atoms with Gasteiger partial charge in [-0.3, -0.25) is 4.79 Å². The van der Waals surface area contributed by atoms with Gasteiger partial charge >= 0.3 is 0 Å². The summed E-state index contributed by atoms with van der Waals surface area (Å²) in [5.74, 6) is -0.0899. The molecule has 3 rings (SSSR count). The molecule has 0 saturated heterocycles. The van der Waals surface area contributed by atoms with E-state index >= 15 is 0 Å². The van der Waals surface area contributed by atoms with E-state index in [1.807, 2.05) is 0 Å². The van der Waals surface area contributed by atoms with E-state index in [1.165, 1.54) is 30.6 Å². The fourth-order valence-electron chi connectivity index (χ4n) is 2.61. The van der Waals surface area contributed by atoms with Crippen LogP contribution >= 0.6 is 11.3 Å². The lowest BCUT2D eigenvalue weighted by atomic mass is 10.0. The lowest BCUT2D eigenvalue weighted by Gasteiger charge is -2.14. The third-order valence-corrected chi connectivity index (χ3v) is 5.09. The van der Waals surface area contributed by atoms with Gasteiger partial charge in [0.2, 0.25) is 0 Å². The second-order valence-electron chi connectivity index (χ2n) is 5.53. The molecule has 2 aromatic rings. The summed E-state index contributed by atoms with van der Waals surface area (Å²) < 4.78 is 0. The van der Waals surface area contributed by atoms with Crippen LogP contribution in [0.25, 0.3) is 10.2 Å². The molecule has 1 aliphatic carbocycles. The minimum absolute atomic E-state index is 0.0899. The van der Waals surface area contributed by atoms with Crippen LogP contribution in [-0.4, -0.2) is 22.6 Å². The van der Waals surface area contributed by atoms with E-state index in [2.05, 4.69) is 22.4 Å². The van der Waals surface area contributed by atoms with Crippen molar-refractivity contribution in [2.45, 2.75) is 32.6 Å². The molecule has 0 spiro atoms. The number of carbonyl (C=O) groups excluding carboxylic acids is 1. The highest BCUT2D eigenvalue weighted by Gasteiger charge is 2.41. The summed E-state index contributed by atoms with van der Waals surface area (Å²) >= 11 is 1.31. The number of amides is 1. The molecule has 0 bridgehead atoms. The third-order valence-electron chi connectivity index (χ3n) is 3.99. The van der Waals surface area contributed by atoms with E-state index in [4.69, 9.17) is 5.73 Å². The molecule has 5 nitrogen and oxygen atoms in total. The van der Waals surface area contributed by atoms with E-state index in [1.54, 1.807) is 12.3 Å². The van der Waals surface area contributed by atoms with E-state index in [0.717, 1.165) is 18.4 Å². The Morgan fingerprint density at radius 1 is 1.55 bits per heavy atom. The van der Waals surface area contributed by atoms with Gasteiger partial charge in [0.05, 0.1) is 11.9 Å². The molecule has 1 fully saturated rings. The van der Waals surface area contributed by atoms with Crippen LogP contribution in [0, 0.1) is 5.41 Å². The fraction of sp³-hybridized carbons (Fsp3) is 0.500. The third kappa shape index (κ3) is 2.35. The Morgan fingerprint density at radius 3 is 3.00 bits per heavy atom. The predicted octanol–water partition coefficient (Wildman–Crippen LogP) is 2.58. The molecular weight excluding hydrogens is 272 g/mol. The zero-order valence-electron chi connectivity index (χ0n) is 11.5. The van der Waals surface area contributed by atoms with Gasteiger partial charge in [-0.15, -0.1) is 16.4 Å². The number of hydrogen-bond acceptors (Lipinski definition) is 5. The van der Waals surface area contributed by atoms with E-state index in [0.29, 0.717) is 20.8 Å². The first-order valence-corrected chi connectivity index (χ1v) is 7.75. The van der Waals surface area contributed by atoms with Crippen molar-refractivity contribution in [3.8, 4) is 0 Å². The Bertz CT molecular complexity index is 648. The van der Waals surface area contributed by atoms with Crippen molar-refractivity contribution < 1.29 is 4.79 Å². The van der Waals surface area contributed by atoms with E-state index < -0.39 is 0 Å². The Hall–Kier alpha value is -1.69. The van der Waals surface area contributed by atoms with Crippen LogP contribution in [0.5, 0.6) is 0 Å². The number of hydrogen-bond donors (Lipinski definition) is 2. The SMILES string of the molecule is CCCC1(CNC(=O)c2sc3nnccc3c2N)CC1. The van der Waals surface area contributed by atoms with Crippen LogP contribution < -0.4 is 11.1 Å². The van der Waals surface area contributed by atoms with Crippen molar-refractivity contribution in [2.75, 3.05) is 12.3 Å². The molecule has 2 heterocycles. The summed E-state index contributed by atoms with van der Waals surface area (Å²) in [4.78, 5) is 13.5. The largest absolute Gasteiger partial charge is 0.397 e. The number of fused-ring (bicyclic) bond motifs is 1. The van der Waals surface area contributed by atoms with Gasteiger partial charge in [-0.25, -0.2) is 0 Å². The first-order chi connectivity index (χ1) is 9.65. The maximum atomic E-state index is 12.3. The van der Waals surface area contributed by atoms with Crippen molar-refractivity contribution in [3.05, 3.63) is 17.1 Å². The lowest BCUT2D eigenvalue weighted by Crippen LogP contribution is -2.30. The van der Waals surface area contributed by atoms with Gasteiger partial charge in [0.25, 0.3) is 5.91 Å². The number of nitrogens with two attached hydrogens (primary N) is 1. The molecule has 1 amide bonds. The van der Waals surface area contributed by atoms with Crippen molar-refractivity contribution in [1.29, 1.82) is 0 Å². The minimum Gasteiger partial charge on any atom is -0.397 e. The Kier molecular flexibility index (Phi) is 3.33. The number of nitrogen functional groups attached to an aromatic ring is 1. The molecule has 0 aliphatic heterocycles. The number of thiophene rings is 1. The topological polar surface area (TPSA) is 80.9 Å². The van der Waals surface area contributed by atoms with Gasteiger partial charge in [0.15, 0.2) is 0 Å². The standard InChI is InChI=1S/C14H18N4OS/c1-2-4-14(5-6-14)8-16-12(19)11-10(15)9-3-7-17-18-13(9)20-11/h3,7H,2,4-6,8,15H2,1H3,(H,16,19). The summed E-state index contributed by atoms with van der Waals surface area (Å²) in [5, 5.41) is 11.7. The molecule has 0 aromatic carbocycles. The molecule has 3 N–H and O–H groups in total. The molecule has 0 atom stereocenters. The average Bonchev–Trinajstić information content (AvgIpc) is 3.14. The molecule has 1 saturated carbocycles. The van der Waals surface area contributed by atoms with Gasteiger partial charge in [-0.2, -0.15) is 5.10 Å². The monoisotopic (exact) mass is 290 g/mol. The zero-order chi connectivity index (χ0) is 14.2. The average molecular weight is 290 g/mol. The summed E-state index contributed by atoms with van der Waals surface area (Å²) in [6, 6.07) is 1.80. The summed E-state index contributed by atoms with van der Waals surface area (Å²) in [6.07, 6.45) is 6.37. The van der Waals surface area contributed by atoms with Gasteiger partial charge in [-0.05, 0) is 30.7 Å². The van der Waals surface area contributed by atoms with Crippen LogP contribution in [-0.2, 0) is 0 Å². The minimum atomic E-state index is -0.0899. The summed E-state index contributed by atoms with van der Waals surface area (Å²) in [7, 11) is 0. The summed E-state index contributed by atoms with van der Waals surface area (Å²) in [6.45, 7) is 2.93. The highest BCUT2D eigenvalue weighted by molar-refractivity contribution is 7.21. The Morgan fingerprint density at radius 2 is 2.35 bits per heavy atom. The molecule has 0 radical (unpaired) electrons. The molecule has 2 aromatic heterocycles. The van der Waals surface area contributed by atoms with Gasteiger partial charge in [0.1, 0.15) is 9.71 Å². The number of carbonyl (C=O) groups is 1. The maximum Gasteiger partial charge on any atom is 0.263 e. The smallest absolute Gasteiger partial charge is 0.263 e. The van der Waals surface area contributed by atoms with Crippen molar-refractivity contribution in [1.82, 2.24) is 15.5 Å². The number of aromatic nitrogens is 2. The van der Waals surface area contributed by atoms with E-state index in [-0.39, 0.29) is 5.91 Å². The van der Waals surface area contributed by atoms with Crippen molar-refractivity contribution >= 4 is 33.1 Å². The number of nitrogens with one attached hydrogen (secondary N) is 1. The Labute approximate surface area is 121 Å². The summed E-state index contributed by atoms with van der Waals surface area (Å²) in [5.41, 5.74) is 6.89. The molecule has 106 valence electrons.